The van der Waals surface area contributed by atoms with E-state index < -0.39 is 10.8 Å². The summed E-state index contributed by atoms with van der Waals surface area (Å²) in [6.45, 7) is 3.75. The third-order valence-corrected chi connectivity index (χ3v) is 6.11. The summed E-state index contributed by atoms with van der Waals surface area (Å²) < 4.78 is 6.84. The molecule has 0 spiro atoms. The van der Waals surface area contributed by atoms with Crippen LogP contribution in [0.2, 0.25) is 0 Å². The summed E-state index contributed by atoms with van der Waals surface area (Å²) in [7, 11) is 0. The Morgan fingerprint density at radius 3 is 2.67 bits per heavy atom. The van der Waals surface area contributed by atoms with Crippen LogP contribution in [0, 0.1) is 24.0 Å². The van der Waals surface area contributed by atoms with E-state index in [-0.39, 0.29) is 29.2 Å². The molecule has 33 heavy (non-hydrogen) atoms. The minimum Gasteiger partial charge on any atom is -0.467 e. The maximum Gasteiger partial charge on any atom is 0.293 e. The van der Waals surface area contributed by atoms with Crippen LogP contribution in [0.1, 0.15) is 16.9 Å². The van der Waals surface area contributed by atoms with Crippen molar-refractivity contribution in [3.8, 4) is 0 Å². The van der Waals surface area contributed by atoms with E-state index in [4.69, 9.17) is 4.42 Å². The maximum absolute atomic E-state index is 13.1. The van der Waals surface area contributed by atoms with Gasteiger partial charge in [-0.1, -0.05) is 23.9 Å². The minimum atomic E-state index is -0.527. The van der Waals surface area contributed by atoms with Crippen molar-refractivity contribution in [3.63, 3.8) is 0 Å². The van der Waals surface area contributed by atoms with Gasteiger partial charge in [0.15, 0.2) is 5.16 Å². The van der Waals surface area contributed by atoms with Gasteiger partial charge in [-0.2, -0.15) is 0 Å². The largest absolute Gasteiger partial charge is 0.467 e. The van der Waals surface area contributed by atoms with Crippen molar-refractivity contribution in [1.82, 2.24) is 9.55 Å². The van der Waals surface area contributed by atoms with Crippen LogP contribution in [0.4, 0.5) is 11.4 Å². The standard InChI is InChI=1S/C23H20N4O5S/c1-14-10-19(20(27(30)31)11-15(14)2)24-21(28)13-33-23-25-18-8-4-3-7-17(18)22(29)26(23)12-16-6-5-9-32-16/h3-11H,12-13H2,1-2H3,(H,24,28). The fraction of sp³-hybridized carbons (Fsp3) is 0.174. The molecule has 1 amide bonds. The van der Waals surface area contributed by atoms with Crippen LogP contribution in [0.25, 0.3) is 10.9 Å². The third-order valence-electron chi connectivity index (χ3n) is 5.14. The SMILES string of the molecule is Cc1cc(NC(=O)CSc2nc3ccccc3c(=O)n2Cc2ccco2)c([N+](=O)[O-])cc1C. The number of aryl methyl sites for hydroxylation is 2. The van der Waals surface area contributed by atoms with Gasteiger partial charge < -0.3 is 9.73 Å². The monoisotopic (exact) mass is 464 g/mol. The average Bonchev–Trinajstić information content (AvgIpc) is 3.30. The highest BCUT2D eigenvalue weighted by Gasteiger charge is 2.19. The molecule has 0 unspecified atom stereocenters. The summed E-state index contributed by atoms with van der Waals surface area (Å²) in [5.41, 5.74) is 1.82. The van der Waals surface area contributed by atoms with E-state index in [1.54, 1.807) is 49.4 Å². The molecule has 0 aliphatic carbocycles. The number of hydrogen-bond donors (Lipinski definition) is 1. The molecule has 2 heterocycles. The Bertz CT molecular complexity index is 1410. The lowest BCUT2D eigenvalue weighted by atomic mass is 10.1. The molecule has 0 bridgehead atoms. The van der Waals surface area contributed by atoms with Crippen molar-refractivity contribution in [2.24, 2.45) is 0 Å². The molecular weight excluding hydrogens is 444 g/mol. The highest BCUT2D eigenvalue weighted by Crippen LogP contribution is 2.28. The Morgan fingerprint density at radius 1 is 1.18 bits per heavy atom. The number of benzene rings is 2. The molecule has 0 saturated heterocycles. The average molecular weight is 465 g/mol. The summed E-state index contributed by atoms with van der Waals surface area (Å²) in [5, 5.41) is 14.8. The quantitative estimate of drug-likeness (QED) is 0.187. The van der Waals surface area contributed by atoms with Crippen LogP contribution in [0.15, 0.2) is 69.2 Å². The Labute approximate surface area is 192 Å². The molecule has 0 aliphatic heterocycles. The second kappa shape index (κ2) is 9.29. The van der Waals surface area contributed by atoms with Gasteiger partial charge in [-0.05, 0) is 55.3 Å². The number of thioether (sulfide) groups is 1. The van der Waals surface area contributed by atoms with Gasteiger partial charge >= 0.3 is 0 Å². The van der Waals surface area contributed by atoms with Crippen molar-refractivity contribution in [2.45, 2.75) is 25.5 Å². The molecule has 0 radical (unpaired) electrons. The molecule has 1 N–H and O–H groups in total. The number of carbonyl (C=O) groups excluding carboxylic acids is 1. The number of carbonyl (C=O) groups is 1. The number of para-hydroxylation sites is 1. The highest BCUT2D eigenvalue weighted by molar-refractivity contribution is 7.99. The van der Waals surface area contributed by atoms with E-state index in [1.165, 1.54) is 16.9 Å². The Kier molecular flexibility index (Phi) is 6.27. The number of amides is 1. The zero-order valence-corrected chi connectivity index (χ0v) is 18.7. The van der Waals surface area contributed by atoms with Gasteiger partial charge in [-0.15, -0.1) is 0 Å². The highest BCUT2D eigenvalue weighted by atomic mass is 32.2. The first kappa shape index (κ1) is 22.3. The third kappa shape index (κ3) is 4.80. The number of aromatic nitrogens is 2. The molecule has 0 aliphatic rings. The second-order valence-electron chi connectivity index (χ2n) is 7.43. The molecule has 9 nitrogen and oxygen atoms in total. The summed E-state index contributed by atoms with van der Waals surface area (Å²) in [6, 6.07) is 13.5. The van der Waals surface area contributed by atoms with Gasteiger partial charge in [0.2, 0.25) is 5.91 Å². The second-order valence-corrected chi connectivity index (χ2v) is 8.37. The number of nitrogens with one attached hydrogen (secondary N) is 1. The summed E-state index contributed by atoms with van der Waals surface area (Å²) in [5.74, 6) is 0.0389. The first-order valence-corrected chi connectivity index (χ1v) is 11.0. The van der Waals surface area contributed by atoms with Crippen LogP contribution < -0.4 is 10.9 Å². The molecule has 0 saturated carbocycles. The number of furan rings is 1. The van der Waals surface area contributed by atoms with Crippen LogP contribution in [0.5, 0.6) is 0 Å². The summed E-state index contributed by atoms with van der Waals surface area (Å²) in [4.78, 5) is 41.2. The van der Waals surface area contributed by atoms with Crippen LogP contribution in [-0.4, -0.2) is 26.1 Å². The predicted molar refractivity (Wildman–Crippen MR) is 126 cm³/mol. The number of nitrogens with zero attached hydrogens (tertiary/aromatic N) is 3. The van der Waals surface area contributed by atoms with Crippen molar-refractivity contribution in [2.75, 3.05) is 11.1 Å². The fourth-order valence-corrected chi connectivity index (χ4v) is 4.12. The molecular formula is C23H20N4O5S. The molecule has 2 aromatic carbocycles. The number of anilines is 1. The lowest BCUT2D eigenvalue weighted by molar-refractivity contribution is -0.384. The molecule has 168 valence electrons. The van der Waals surface area contributed by atoms with E-state index in [0.717, 1.165) is 22.9 Å². The van der Waals surface area contributed by atoms with Gasteiger partial charge in [-0.3, -0.25) is 24.3 Å². The van der Waals surface area contributed by atoms with E-state index >= 15 is 0 Å². The molecule has 0 fully saturated rings. The normalized spacial score (nSPS) is 11.0. The van der Waals surface area contributed by atoms with E-state index in [0.29, 0.717) is 21.8 Å². The topological polar surface area (TPSA) is 120 Å². The Hall–Kier alpha value is -3.92. The van der Waals surface area contributed by atoms with Crippen molar-refractivity contribution >= 4 is 39.9 Å². The first-order valence-electron chi connectivity index (χ1n) is 10.0. The van der Waals surface area contributed by atoms with Crippen molar-refractivity contribution in [3.05, 3.63) is 92.1 Å². The zero-order valence-electron chi connectivity index (χ0n) is 17.9. The van der Waals surface area contributed by atoms with Crippen LogP contribution >= 0.6 is 11.8 Å². The number of nitro benzene ring substituents is 1. The Morgan fingerprint density at radius 2 is 1.94 bits per heavy atom. The number of rotatable bonds is 7. The fourth-order valence-electron chi connectivity index (χ4n) is 3.32. The number of fused-ring (bicyclic) bond motifs is 1. The Balaban J connectivity index is 1.60. The first-order chi connectivity index (χ1) is 15.8. The van der Waals surface area contributed by atoms with Crippen molar-refractivity contribution < 1.29 is 14.1 Å². The minimum absolute atomic E-state index is 0.0903. The summed E-state index contributed by atoms with van der Waals surface area (Å²) in [6.07, 6.45) is 1.52. The smallest absolute Gasteiger partial charge is 0.293 e. The molecule has 4 rings (SSSR count). The molecule has 2 aromatic heterocycles. The van der Waals surface area contributed by atoms with Crippen LogP contribution in [0.3, 0.4) is 0 Å². The van der Waals surface area contributed by atoms with E-state index in [2.05, 4.69) is 10.3 Å². The van der Waals surface area contributed by atoms with Crippen LogP contribution in [-0.2, 0) is 11.3 Å². The predicted octanol–water partition coefficient (Wildman–Crippen LogP) is 4.29. The van der Waals surface area contributed by atoms with Gasteiger partial charge in [0.25, 0.3) is 11.2 Å². The molecule has 10 heteroatoms. The van der Waals surface area contributed by atoms with Gasteiger partial charge in [-0.25, -0.2) is 4.98 Å². The lowest BCUT2D eigenvalue weighted by Crippen LogP contribution is -2.24. The number of nitro groups is 1. The zero-order chi connectivity index (χ0) is 23.5. The molecule has 0 atom stereocenters. The van der Waals surface area contributed by atoms with Gasteiger partial charge in [0.1, 0.15) is 11.4 Å². The van der Waals surface area contributed by atoms with Gasteiger partial charge in [0.05, 0.1) is 34.4 Å². The maximum atomic E-state index is 13.1. The van der Waals surface area contributed by atoms with Gasteiger partial charge in [0, 0.05) is 6.07 Å². The molecule has 4 aromatic rings. The lowest BCUT2D eigenvalue weighted by Gasteiger charge is -2.12. The van der Waals surface area contributed by atoms with E-state index in [1.807, 2.05) is 6.92 Å². The number of hydrogen-bond acceptors (Lipinski definition) is 7. The van der Waals surface area contributed by atoms with E-state index in [9.17, 15) is 19.7 Å². The van der Waals surface area contributed by atoms with Crippen molar-refractivity contribution in [1.29, 1.82) is 0 Å². The summed E-state index contributed by atoms with van der Waals surface area (Å²) >= 11 is 1.08.